The van der Waals surface area contributed by atoms with Crippen LogP contribution in [-0.2, 0) is 12.8 Å². The molecule has 0 amide bonds. The Balaban J connectivity index is 2.11. The van der Waals surface area contributed by atoms with E-state index >= 15 is 0 Å². The number of aryl methyl sites for hydroxylation is 2. The molecule has 1 heterocycles. The van der Waals surface area contributed by atoms with Crippen molar-refractivity contribution in [1.29, 1.82) is 0 Å². The van der Waals surface area contributed by atoms with E-state index in [0.717, 1.165) is 5.56 Å². The van der Waals surface area contributed by atoms with E-state index in [1.165, 1.54) is 13.2 Å². The van der Waals surface area contributed by atoms with Gasteiger partial charge in [-0.2, -0.15) is 0 Å². The summed E-state index contributed by atoms with van der Waals surface area (Å²) < 4.78 is 14.1. The van der Waals surface area contributed by atoms with E-state index in [1.54, 1.807) is 12.1 Å². The summed E-state index contributed by atoms with van der Waals surface area (Å²) in [7, 11) is 1.52. The number of hydrogen-bond acceptors (Lipinski definition) is 6. The molecule has 17 heavy (non-hydrogen) atoms. The molecule has 6 heteroatoms. The summed E-state index contributed by atoms with van der Waals surface area (Å²) in [6, 6.07) is 4.83. The lowest BCUT2D eigenvalue weighted by molar-refractivity contribution is 0.334. The molecule has 2 aromatic rings. The molecule has 1 aromatic heterocycles. The fraction of sp³-hybridized carbons (Fsp3) is 0.273. The van der Waals surface area contributed by atoms with Crippen molar-refractivity contribution in [3.05, 3.63) is 40.3 Å². The minimum Gasteiger partial charge on any atom is -0.508 e. The van der Waals surface area contributed by atoms with E-state index in [9.17, 15) is 9.90 Å². The molecule has 0 radical (unpaired) electrons. The Morgan fingerprint density at radius 1 is 1.41 bits per heavy atom. The van der Waals surface area contributed by atoms with Gasteiger partial charge >= 0.3 is 5.82 Å². The molecule has 2 rings (SSSR count). The Bertz CT molecular complexity index is 557. The fourth-order valence-corrected chi connectivity index (χ4v) is 1.50. The van der Waals surface area contributed by atoms with Crippen LogP contribution >= 0.6 is 0 Å². The SMILES string of the molecule is COc1cc(O)ccc1CCc1noc(=O)o1. The average molecular weight is 237 g/mol. The first-order valence-corrected chi connectivity index (χ1v) is 5.00. The van der Waals surface area contributed by atoms with E-state index < -0.39 is 5.82 Å². The van der Waals surface area contributed by atoms with Gasteiger partial charge in [0.1, 0.15) is 11.5 Å². The van der Waals surface area contributed by atoms with Crippen LogP contribution in [0.15, 0.2) is 31.9 Å². The Hall–Kier alpha value is -2.24. The highest BCUT2D eigenvalue weighted by molar-refractivity contribution is 5.40. The molecule has 0 aliphatic carbocycles. The maximum atomic E-state index is 10.6. The van der Waals surface area contributed by atoms with Gasteiger partial charge in [0.05, 0.1) is 7.11 Å². The summed E-state index contributed by atoms with van der Waals surface area (Å²) >= 11 is 0. The molecule has 0 saturated heterocycles. The molecule has 0 unspecified atom stereocenters. The van der Waals surface area contributed by atoms with Crippen molar-refractivity contribution in [2.45, 2.75) is 12.8 Å². The van der Waals surface area contributed by atoms with Gasteiger partial charge in [-0.3, -0.25) is 4.52 Å². The maximum absolute atomic E-state index is 10.6. The van der Waals surface area contributed by atoms with Crippen LogP contribution in [0.2, 0.25) is 0 Å². The Morgan fingerprint density at radius 3 is 2.88 bits per heavy atom. The minimum atomic E-state index is -0.808. The second-order valence-electron chi connectivity index (χ2n) is 3.42. The van der Waals surface area contributed by atoms with E-state index in [0.29, 0.717) is 18.6 Å². The summed E-state index contributed by atoms with van der Waals surface area (Å²) in [5.74, 6) is 0.150. The van der Waals surface area contributed by atoms with Gasteiger partial charge in [-0.25, -0.2) is 4.79 Å². The smallest absolute Gasteiger partial charge is 0.508 e. The standard InChI is InChI=1S/C11H11NO5/c1-15-9-6-8(13)4-2-7(9)3-5-10-12-17-11(14)16-10/h2,4,6,13H,3,5H2,1H3. The van der Waals surface area contributed by atoms with Crippen LogP contribution in [0.25, 0.3) is 0 Å². The lowest BCUT2D eigenvalue weighted by Crippen LogP contribution is -1.96. The third kappa shape index (κ3) is 2.66. The quantitative estimate of drug-likeness (QED) is 0.857. The molecule has 0 saturated carbocycles. The highest BCUT2D eigenvalue weighted by Crippen LogP contribution is 2.24. The first-order chi connectivity index (χ1) is 8.19. The molecule has 0 spiro atoms. The zero-order chi connectivity index (χ0) is 12.3. The lowest BCUT2D eigenvalue weighted by atomic mass is 10.1. The predicted molar refractivity (Wildman–Crippen MR) is 57.1 cm³/mol. The van der Waals surface area contributed by atoms with Crippen LogP contribution in [-0.4, -0.2) is 17.4 Å². The van der Waals surface area contributed by atoms with Crippen molar-refractivity contribution in [2.75, 3.05) is 7.11 Å². The third-order valence-corrected chi connectivity index (χ3v) is 2.30. The maximum Gasteiger partial charge on any atom is 0.542 e. The third-order valence-electron chi connectivity index (χ3n) is 2.30. The zero-order valence-corrected chi connectivity index (χ0v) is 9.17. The van der Waals surface area contributed by atoms with Crippen LogP contribution < -0.4 is 10.6 Å². The van der Waals surface area contributed by atoms with E-state index in [2.05, 4.69) is 14.1 Å². The van der Waals surface area contributed by atoms with Crippen LogP contribution in [0.3, 0.4) is 0 Å². The number of nitrogens with zero attached hydrogens (tertiary/aromatic N) is 1. The summed E-state index contributed by atoms with van der Waals surface area (Å²) in [6.07, 6.45) is 0.992. The van der Waals surface area contributed by atoms with Crippen molar-refractivity contribution in [2.24, 2.45) is 0 Å². The van der Waals surface area contributed by atoms with Crippen molar-refractivity contribution < 1.29 is 18.8 Å². The normalized spacial score (nSPS) is 10.4. The van der Waals surface area contributed by atoms with Crippen molar-refractivity contribution in [3.8, 4) is 11.5 Å². The van der Waals surface area contributed by atoms with Gasteiger partial charge in [-0.05, 0) is 23.2 Å². The largest absolute Gasteiger partial charge is 0.542 e. The zero-order valence-electron chi connectivity index (χ0n) is 9.17. The summed E-state index contributed by atoms with van der Waals surface area (Å²) in [5.41, 5.74) is 0.885. The predicted octanol–water partition coefficient (Wildman–Crippen LogP) is 1.13. The average Bonchev–Trinajstić information content (AvgIpc) is 2.73. The second-order valence-corrected chi connectivity index (χ2v) is 3.42. The first-order valence-electron chi connectivity index (χ1n) is 5.00. The van der Waals surface area contributed by atoms with Crippen molar-refractivity contribution in [3.63, 3.8) is 0 Å². The molecular formula is C11H11NO5. The molecule has 0 bridgehead atoms. The molecular weight excluding hydrogens is 226 g/mol. The van der Waals surface area contributed by atoms with Gasteiger partial charge in [0, 0.05) is 12.5 Å². The van der Waals surface area contributed by atoms with E-state index in [4.69, 9.17) is 4.74 Å². The Morgan fingerprint density at radius 2 is 2.24 bits per heavy atom. The molecule has 1 aromatic carbocycles. The molecule has 0 aliphatic rings. The van der Waals surface area contributed by atoms with Crippen LogP contribution in [0.4, 0.5) is 0 Å². The Labute approximate surface area is 96.4 Å². The van der Waals surface area contributed by atoms with Gasteiger partial charge < -0.3 is 14.3 Å². The number of aromatic nitrogens is 1. The Kier molecular flexibility index (Phi) is 3.13. The summed E-state index contributed by atoms with van der Waals surface area (Å²) in [5, 5.41) is 12.7. The number of aromatic hydroxyl groups is 1. The van der Waals surface area contributed by atoms with Gasteiger partial charge in [-0.15, -0.1) is 0 Å². The van der Waals surface area contributed by atoms with Crippen molar-refractivity contribution >= 4 is 0 Å². The number of hydrogen-bond donors (Lipinski definition) is 1. The molecule has 90 valence electrons. The molecule has 1 N–H and O–H groups in total. The first kappa shape index (κ1) is 11.3. The summed E-state index contributed by atoms with van der Waals surface area (Å²) in [4.78, 5) is 10.6. The second kappa shape index (κ2) is 4.73. The van der Waals surface area contributed by atoms with Crippen molar-refractivity contribution in [1.82, 2.24) is 5.16 Å². The molecule has 0 atom stereocenters. The van der Waals surface area contributed by atoms with E-state index in [-0.39, 0.29) is 11.6 Å². The monoisotopic (exact) mass is 237 g/mol. The van der Waals surface area contributed by atoms with Gasteiger partial charge in [0.2, 0.25) is 5.89 Å². The van der Waals surface area contributed by atoms with Gasteiger partial charge in [0.15, 0.2) is 0 Å². The summed E-state index contributed by atoms with van der Waals surface area (Å²) in [6.45, 7) is 0. The molecule has 0 fully saturated rings. The lowest BCUT2D eigenvalue weighted by Gasteiger charge is -2.07. The van der Waals surface area contributed by atoms with E-state index in [1.807, 2.05) is 0 Å². The number of rotatable bonds is 4. The number of methoxy groups -OCH3 is 1. The topological polar surface area (TPSA) is 85.7 Å². The van der Waals surface area contributed by atoms with Gasteiger partial charge in [0.25, 0.3) is 0 Å². The number of phenolic OH excluding ortho intramolecular Hbond substituents is 1. The molecule has 0 aliphatic heterocycles. The minimum absolute atomic E-state index is 0.138. The fourth-order valence-electron chi connectivity index (χ4n) is 1.50. The number of benzene rings is 1. The van der Waals surface area contributed by atoms with Crippen LogP contribution in [0.1, 0.15) is 11.5 Å². The van der Waals surface area contributed by atoms with Crippen LogP contribution in [0.5, 0.6) is 11.5 Å². The number of ether oxygens (including phenoxy) is 1. The van der Waals surface area contributed by atoms with Gasteiger partial charge in [-0.1, -0.05) is 6.07 Å². The van der Waals surface area contributed by atoms with Crippen LogP contribution in [0, 0.1) is 0 Å². The molecule has 6 nitrogen and oxygen atoms in total. The number of phenols is 1. The highest BCUT2D eigenvalue weighted by atomic mass is 16.6. The highest BCUT2D eigenvalue weighted by Gasteiger charge is 2.08.